The molecule has 0 saturated heterocycles. The number of rotatable bonds is 12. The molecule has 1 aromatic carbocycles. The highest BCUT2D eigenvalue weighted by Crippen LogP contribution is 2.24. The molecular formula is C20H30O3. The van der Waals surface area contributed by atoms with E-state index in [4.69, 9.17) is 5.11 Å². The van der Waals surface area contributed by atoms with Gasteiger partial charge in [-0.2, -0.15) is 0 Å². The summed E-state index contributed by atoms with van der Waals surface area (Å²) in [7, 11) is 0. The molecule has 0 amide bonds. The minimum Gasteiger partial charge on any atom is -0.506 e. The number of unbranched alkanes of at least 4 members (excludes halogenated alkanes) is 9. The van der Waals surface area contributed by atoms with Gasteiger partial charge in [0.2, 0.25) is 0 Å². The molecular weight excluding hydrogens is 288 g/mol. The summed E-state index contributed by atoms with van der Waals surface area (Å²) in [5.74, 6) is -1.25. The van der Waals surface area contributed by atoms with Crippen molar-refractivity contribution in [3.8, 4) is 5.75 Å². The summed E-state index contributed by atoms with van der Waals surface area (Å²) >= 11 is 0. The van der Waals surface area contributed by atoms with E-state index in [1.165, 1.54) is 57.4 Å². The van der Waals surface area contributed by atoms with Crippen LogP contribution in [0.25, 0.3) is 6.08 Å². The zero-order valence-electron chi connectivity index (χ0n) is 14.3. The van der Waals surface area contributed by atoms with Gasteiger partial charge >= 0.3 is 5.97 Å². The summed E-state index contributed by atoms with van der Waals surface area (Å²) in [6.45, 7) is 2.24. The Morgan fingerprint density at radius 1 is 1.00 bits per heavy atom. The first-order valence-corrected chi connectivity index (χ1v) is 8.88. The molecule has 128 valence electrons. The minimum absolute atomic E-state index is 0.0461. The van der Waals surface area contributed by atoms with Crippen molar-refractivity contribution in [3.63, 3.8) is 0 Å². The second-order valence-electron chi connectivity index (χ2n) is 6.07. The zero-order chi connectivity index (χ0) is 16.9. The molecule has 0 heterocycles. The number of carboxylic acid groups (broad SMARTS) is 1. The van der Waals surface area contributed by atoms with Crippen LogP contribution in [0.1, 0.15) is 87.1 Å². The van der Waals surface area contributed by atoms with Crippen LogP contribution in [0.3, 0.4) is 0 Å². The third kappa shape index (κ3) is 7.87. The lowest BCUT2D eigenvalue weighted by Crippen LogP contribution is -1.97. The van der Waals surface area contributed by atoms with Crippen LogP contribution in [0, 0.1) is 0 Å². The third-order valence-electron chi connectivity index (χ3n) is 4.07. The lowest BCUT2D eigenvalue weighted by molar-refractivity contribution is 0.0693. The van der Waals surface area contributed by atoms with Gasteiger partial charge in [-0.1, -0.05) is 82.6 Å². The van der Waals surface area contributed by atoms with Crippen LogP contribution in [0.4, 0.5) is 0 Å². The number of carbonyl (C=O) groups is 1. The fourth-order valence-electron chi connectivity index (χ4n) is 2.65. The van der Waals surface area contributed by atoms with E-state index < -0.39 is 5.97 Å². The predicted octanol–water partition coefficient (Wildman–Crippen LogP) is 6.02. The highest BCUT2D eigenvalue weighted by atomic mass is 16.4. The Bertz CT molecular complexity index is 492. The molecule has 2 N–H and O–H groups in total. The Balaban J connectivity index is 2.18. The number of aromatic hydroxyl groups is 1. The van der Waals surface area contributed by atoms with Crippen LogP contribution in [0.5, 0.6) is 5.75 Å². The quantitative estimate of drug-likeness (QED) is 0.463. The van der Waals surface area contributed by atoms with E-state index in [2.05, 4.69) is 6.92 Å². The van der Waals surface area contributed by atoms with Crippen LogP contribution in [0.15, 0.2) is 24.3 Å². The number of phenols is 1. The van der Waals surface area contributed by atoms with Crippen molar-refractivity contribution >= 4 is 12.0 Å². The fourth-order valence-corrected chi connectivity index (χ4v) is 2.65. The van der Waals surface area contributed by atoms with Gasteiger partial charge in [-0.05, 0) is 18.9 Å². The summed E-state index contributed by atoms with van der Waals surface area (Å²) in [5.41, 5.74) is 0.524. The van der Waals surface area contributed by atoms with Gasteiger partial charge in [0, 0.05) is 5.56 Å². The van der Waals surface area contributed by atoms with E-state index in [1.807, 2.05) is 12.2 Å². The molecule has 0 atom stereocenters. The molecule has 0 aliphatic carbocycles. The van der Waals surface area contributed by atoms with E-state index in [9.17, 15) is 9.90 Å². The van der Waals surface area contributed by atoms with Crippen LogP contribution in [0.2, 0.25) is 0 Å². The van der Waals surface area contributed by atoms with Crippen LogP contribution < -0.4 is 0 Å². The Labute approximate surface area is 140 Å². The smallest absolute Gasteiger partial charge is 0.339 e. The van der Waals surface area contributed by atoms with Gasteiger partial charge in [-0.15, -0.1) is 0 Å². The molecule has 1 aromatic rings. The Morgan fingerprint density at radius 2 is 1.61 bits per heavy atom. The number of benzene rings is 1. The van der Waals surface area contributed by atoms with Gasteiger partial charge in [0.1, 0.15) is 11.3 Å². The first-order valence-electron chi connectivity index (χ1n) is 8.88. The number of carboxylic acids is 1. The highest BCUT2D eigenvalue weighted by Gasteiger charge is 2.10. The molecule has 3 heteroatoms. The average molecular weight is 318 g/mol. The standard InChI is InChI=1S/C20H30O3/c1-2-3-4-5-6-7-8-9-10-11-12-14-17-15-13-16-18(19(17)21)20(22)23/h12-16,21H,2-11H2,1H3,(H,22,23)/b14-12+. The maximum absolute atomic E-state index is 10.9. The summed E-state index contributed by atoms with van der Waals surface area (Å²) in [5, 5.41) is 18.9. The van der Waals surface area contributed by atoms with Crippen molar-refractivity contribution in [2.75, 3.05) is 0 Å². The Morgan fingerprint density at radius 3 is 2.22 bits per heavy atom. The molecule has 0 spiro atoms. The average Bonchev–Trinajstić information content (AvgIpc) is 2.53. The van der Waals surface area contributed by atoms with E-state index >= 15 is 0 Å². The summed E-state index contributed by atoms with van der Waals surface area (Å²) in [6, 6.07) is 4.80. The molecule has 0 radical (unpaired) electrons. The molecule has 0 bridgehead atoms. The van der Waals surface area contributed by atoms with Gasteiger partial charge in [0.25, 0.3) is 0 Å². The van der Waals surface area contributed by atoms with Crippen molar-refractivity contribution in [2.45, 2.75) is 71.1 Å². The Hall–Kier alpha value is -1.77. The molecule has 0 unspecified atom stereocenters. The van der Waals surface area contributed by atoms with E-state index in [1.54, 1.807) is 12.1 Å². The molecule has 23 heavy (non-hydrogen) atoms. The second-order valence-corrected chi connectivity index (χ2v) is 6.07. The fraction of sp³-hybridized carbons (Fsp3) is 0.550. The monoisotopic (exact) mass is 318 g/mol. The first kappa shape index (κ1) is 19.3. The summed E-state index contributed by atoms with van der Waals surface area (Å²) < 4.78 is 0. The normalized spacial score (nSPS) is 11.2. The van der Waals surface area contributed by atoms with E-state index in [0.29, 0.717) is 5.56 Å². The van der Waals surface area contributed by atoms with Crippen LogP contribution in [-0.2, 0) is 0 Å². The molecule has 0 aliphatic rings. The van der Waals surface area contributed by atoms with Crippen molar-refractivity contribution < 1.29 is 15.0 Å². The maximum atomic E-state index is 10.9. The topological polar surface area (TPSA) is 57.5 Å². The molecule has 1 rings (SSSR count). The lowest BCUT2D eigenvalue weighted by Gasteiger charge is -2.03. The minimum atomic E-state index is -1.10. The van der Waals surface area contributed by atoms with E-state index in [-0.39, 0.29) is 11.3 Å². The zero-order valence-corrected chi connectivity index (χ0v) is 14.3. The summed E-state index contributed by atoms with van der Waals surface area (Å²) in [6.07, 6.45) is 16.6. The molecule has 0 saturated carbocycles. The third-order valence-corrected chi connectivity index (χ3v) is 4.07. The molecule has 0 fully saturated rings. The van der Waals surface area contributed by atoms with E-state index in [0.717, 1.165) is 12.8 Å². The highest BCUT2D eigenvalue weighted by molar-refractivity contribution is 5.92. The van der Waals surface area contributed by atoms with Gasteiger partial charge in [-0.25, -0.2) is 4.79 Å². The van der Waals surface area contributed by atoms with Crippen molar-refractivity contribution in [1.29, 1.82) is 0 Å². The van der Waals surface area contributed by atoms with Crippen molar-refractivity contribution in [2.24, 2.45) is 0 Å². The van der Waals surface area contributed by atoms with Gasteiger partial charge < -0.3 is 10.2 Å². The van der Waals surface area contributed by atoms with Gasteiger partial charge in [0.15, 0.2) is 0 Å². The van der Waals surface area contributed by atoms with Crippen LogP contribution >= 0.6 is 0 Å². The predicted molar refractivity (Wildman–Crippen MR) is 95.9 cm³/mol. The van der Waals surface area contributed by atoms with Crippen molar-refractivity contribution in [3.05, 3.63) is 35.4 Å². The second kappa shape index (κ2) is 11.8. The Kier molecular flexibility index (Phi) is 9.85. The van der Waals surface area contributed by atoms with Crippen LogP contribution in [-0.4, -0.2) is 16.2 Å². The van der Waals surface area contributed by atoms with Gasteiger partial charge in [0.05, 0.1) is 0 Å². The number of aromatic carboxylic acids is 1. The molecule has 3 nitrogen and oxygen atoms in total. The SMILES string of the molecule is CCCCCCCCCCC/C=C/c1cccc(C(=O)O)c1O. The number of para-hydroxylation sites is 1. The summed E-state index contributed by atoms with van der Waals surface area (Å²) in [4.78, 5) is 10.9. The van der Waals surface area contributed by atoms with Crippen molar-refractivity contribution in [1.82, 2.24) is 0 Å². The lowest BCUT2D eigenvalue weighted by atomic mass is 10.1. The maximum Gasteiger partial charge on any atom is 0.339 e. The number of hydrogen-bond donors (Lipinski definition) is 2. The first-order chi connectivity index (χ1) is 11.2. The number of hydrogen-bond acceptors (Lipinski definition) is 2. The molecule has 0 aliphatic heterocycles. The number of allylic oxidation sites excluding steroid dienone is 1. The molecule has 0 aromatic heterocycles. The largest absolute Gasteiger partial charge is 0.506 e. The van der Waals surface area contributed by atoms with Gasteiger partial charge in [-0.3, -0.25) is 0 Å².